The minimum Gasteiger partial charge on any atom is -0.477 e. The van der Waals surface area contributed by atoms with Crippen molar-refractivity contribution in [2.24, 2.45) is 0 Å². The van der Waals surface area contributed by atoms with E-state index in [9.17, 15) is 4.79 Å². The molecule has 12 heavy (non-hydrogen) atoms. The molecule has 0 aromatic carbocycles. The zero-order valence-corrected chi connectivity index (χ0v) is 6.74. The summed E-state index contributed by atoms with van der Waals surface area (Å²) in [5, 5.41) is 8.58. The Labute approximate surface area is 70.4 Å². The van der Waals surface area contributed by atoms with Crippen molar-refractivity contribution in [2.75, 3.05) is 0 Å². The van der Waals surface area contributed by atoms with Gasteiger partial charge in [0.05, 0.1) is 0 Å². The van der Waals surface area contributed by atoms with Gasteiger partial charge >= 0.3 is 5.97 Å². The molecule has 0 saturated carbocycles. The first-order valence-electron chi connectivity index (χ1n) is 3.47. The van der Waals surface area contributed by atoms with E-state index in [-0.39, 0.29) is 5.69 Å². The lowest BCUT2D eigenvalue weighted by molar-refractivity contribution is 0.0690. The molecule has 0 spiro atoms. The zero-order chi connectivity index (χ0) is 9.14. The van der Waals surface area contributed by atoms with Gasteiger partial charge in [-0.05, 0) is 24.1 Å². The number of hydrogen-bond donors (Lipinski definition) is 1. The molecule has 3 nitrogen and oxygen atoms in total. The van der Waals surface area contributed by atoms with Crippen molar-refractivity contribution in [3.8, 4) is 0 Å². The van der Waals surface area contributed by atoms with Crippen molar-refractivity contribution >= 4 is 12.0 Å². The molecule has 0 aliphatic rings. The molecule has 3 heteroatoms. The van der Waals surface area contributed by atoms with Crippen molar-refractivity contribution in [3.05, 3.63) is 35.7 Å². The molecule has 1 aromatic rings. The standard InChI is InChI=1S/C9H9NO2/c1-3-7-5-10-8(9(11)12)4-6(7)2/h3-5H,1H2,2H3,(H,11,12). The van der Waals surface area contributed by atoms with E-state index < -0.39 is 5.97 Å². The van der Waals surface area contributed by atoms with Gasteiger partial charge in [0.1, 0.15) is 5.69 Å². The Kier molecular flexibility index (Phi) is 2.24. The van der Waals surface area contributed by atoms with Crippen LogP contribution in [0.3, 0.4) is 0 Å². The van der Waals surface area contributed by atoms with E-state index in [2.05, 4.69) is 11.6 Å². The molecule has 0 saturated heterocycles. The Morgan fingerprint density at radius 3 is 2.83 bits per heavy atom. The summed E-state index contributed by atoms with van der Waals surface area (Å²) in [6.45, 7) is 5.40. The summed E-state index contributed by atoms with van der Waals surface area (Å²) in [5.41, 5.74) is 1.80. The fourth-order valence-corrected chi connectivity index (χ4v) is 0.897. The highest BCUT2D eigenvalue weighted by Gasteiger charge is 2.04. The average Bonchev–Trinajstić information content (AvgIpc) is 2.04. The minimum atomic E-state index is -1.01. The Hall–Kier alpha value is -1.64. The van der Waals surface area contributed by atoms with E-state index in [1.807, 2.05) is 6.92 Å². The topological polar surface area (TPSA) is 50.2 Å². The lowest BCUT2D eigenvalue weighted by atomic mass is 10.1. The molecule has 1 rings (SSSR count). The Morgan fingerprint density at radius 1 is 1.75 bits per heavy atom. The van der Waals surface area contributed by atoms with E-state index in [0.717, 1.165) is 11.1 Å². The molecular formula is C9H9NO2. The molecule has 0 bridgehead atoms. The average molecular weight is 163 g/mol. The summed E-state index contributed by atoms with van der Waals surface area (Å²) in [6, 6.07) is 1.53. The quantitative estimate of drug-likeness (QED) is 0.722. The molecule has 1 heterocycles. The summed E-state index contributed by atoms with van der Waals surface area (Å²) in [6.07, 6.45) is 3.15. The fourth-order valence-electron chi connectivity index (χ4n) is 0.897. The first-order chi connectivity index (χ1) is 5.65. The maximum atomic E-state index is 10.5. The molecule has 1 aromatic heterocycles. The molecule has 62 valence electrons. The number of hydrogen-bond acceptors (Lipinski definition) is 2. The maximum absolute atomic E-state index is 10.5. The van der Waals surface area contributed by atoms with E-state index in [1.54, 1.807) is 6.08 Å². The Bertz CT molecular complexity index is 331. The normalized spacial score (nSPS) is 9.42. The smallest absolute Gasteiger partial charge is 0.354 e. The van der Waals surface area contributed by atoms with Crippen molar-refractivity contribution < 1.29 is 9.90 Å². The van der Waals surface area contributed by atoms with Crippen LogP contribution in [0.5, 0.6) is 0 Å². The summed E-state index contributed by atoms with van der Waals surface area (Å²) >= 11 is 0. The van der Waals surface area contributed by atoms with Gasteiger partial charge in [-0.25, -0.2) is 9.78 Å². The number of aromatic carboxylic acids is 1. The maximum Gasteiger partial charge on any atom is 0.354 e. The van der Waals surface area contributed by atoms with Crippen LogP contribution in [0.15, 0.2) is 18.8 Å². The first-order valence-corrected chi connectivity index (χ1v) is 3.47. The molecule has 0 unspecified atom stereocenters. The van der Waals surface area contributed by atoms with Crippen LogP contribution >= 0.6 is 0 Å². The number of rotatable bonds is 2. The largest absolute Gasteiger partial charge is 0.477 e. The number of aryl methyl sites for hydroxylation is 1. The highest BCUT2D eigenvalue weighted by atomic mass is 16.4. The van der Waals surface area contributed by atoms with Crippen LogP contribution in [0.1, 0.15) is 21.6 Å². The Balaban J connectivity index is 3.18. The molecular weight excluding hydrogens is 154 g/mol. The monoisotopic (exact) mass is 163 g/mol. The van der Waals surface area contributed by atoms with Gasteiger partial charge in [0.2, 0.25) is 0 Å². The van der Waals surface area contributed by atoms with E-state index in [0.29, 0.717) is 0 Å². The predicted octanol–water partition coefficient (Wildman–Crippen LogP) is 1.73. The molecule has 0 aliphatic carbocycles. The Morgan fingerprint density at radius 2 is 2.42 bits per heavy atom. The van der Waals surface area contributed by atoms with Crippen LogP contribution in [-0.2, 0) is 0 Å². The second-order valence-corrected chi connectivity index (χ2v) is 2.44. The van der Waals surface area contributed by atoms with Gasteiger partial charge in [0.15, 0.2) is 0 Å². The molecule has 1 N–H and O–H groups in total. The van der Waals surface area contributed by atoms with Crippen LogP contribution < -0.4 is 0 Å². The van der Waals surface area contributed by atoms with Crippen LogP contribution in [0.25, 0.3) is 6.08 Å². The highest BCUT2D eigenvalue weighted by Crippen LogP contribution is 2.08. The number of pyridine rings is 1. The molecule has 0 amide bonds. The van der Waals surface area contributed by atoms with Crippen LogP contribution in [0, 0.1) is 6.92 Å². The SMILES string of the molecule is C=Cc1cnc(C(=O)O)cc1C. The predicted molar refractivity (Wildman–Crippen MR) is 46.0 cm³/mol. The van der Waals surface area contributed by atoms with Gasteiger partial charge in [-0.15, -0.1) is 0 Å². The number of nitrogens with zero attached hydrogens (tertiary/aromatic N) is 1. The first kappa shape index (κ1) is 8.46. The van der Waals surface area contributed by atoms with Gasteiger partial charge in [0, 0.05) is 6.20 Å². The molecule has 0 fully saturated rings. The van der Waals surface area contributed by atoms with Crippen molar-refractivity contribution in [3.63, 3.8) is 0 Å². The van der Waals surface area contributed by atoms with Crippen molar-refractivity contribution in [2.45, 2.75) is 6.92 Å². The van der Waals surface area contributed by atoms with Gasteiger partial charge in [-0.2, -0.15) is 0 Å². The third kappa shape index (κ3) is 1.50. The summed E-state index contributed by atoms with van der Waals surface area (Å²) in [4.78, 5) is 14.2. The number of carboxylic acid groups (broad SMARTS) is 1. The van der Waals surface area contributed by atoms with Gasteiger partial charge in [-0.1, -0.05) is 12.7 Å². The van der Waals surface area contributed by atoms with E-state index in [4.69, 9.17) is 5.11 Å². The second-order valence-electron chi connectivity index (χ2n) is 2.44. The third-order valence-corrected chi connectivity index (χ3v) is 1.59. The van der Waals surface area contributed by atoms with Crippen LogP contribution in [0.2, 0.25) is 0 Å². The summed E-state index contributed by atoms with van der Waals surface area (Å²) < 4.78 is 0. The van der Waals surface area contributed by atoms with Crippen LogP contribution in [0.4, 0.5) is 0 Å². The van der Waals surface area contributed by atoms with E-state index in [1.165, 1.54) is 12.3 Å². The van der Waals surface area contributed by atoms with Crippen molar-refractivity contribution in [1.82, 2.24) is 4.98 Å². The summed E-state index contributed by atoms with van der Waals surface area (Å²) in [5.74, 6) is -1.01. The lowest BCUT2D eigenvalue weighted by Gasteiger charge is -1.99. The van der Waals surface area contributed by atoms with Gasteiger partial charge in [-0.3, -0.25) is 0 Å². The van der Waals surface area contributed by atoms with Crippen molar-refractivity contribution in [1.29, 1.82) is 0 Å². The molecule has 0 aliphatic heterocycles. The zero-order valence-electron chi connectivity index (χ0n) is 6.74. The van der Waals surface area contributed by atoms with E-state index >= 15 is 0 Å². The highest BCUT2D eigenvalue weighted by molar-refractivity contribution is 5.85. The number of carboxylic acids is 1. The summed E-state index contributed by atoms with van der Waals surface area (Å²) in [7, 11) is 0. The third-order valence-electron chi connectivity index (χ3n) is 1.59. The minimum absolute atomic E-state index is 0.0677. The number of aromatic nitrogens is 1. The van der Waals surface area contributed by atoms with Gasteiger partial charge in [0.25, 0.3) is 0 Å². The van der Waals surface area contributed by atoms with Gasteiger partial charge < -0.3 is 5.11 Å². The van der Waals surface area contributed by atoms with Crippen LogP contribution in [-0.4, -0.2) is 16.1 Å². The molecule has 0 radical (unpaired) electrons. The molecule has 0 atom stereocenters. The number of carbonyl (C=O) groups is 1. The lowest BCUT2D eigenvalue weighted by Crippen LogP contribution is -2.00. The fraction of sp³-hybridized carbons (Fsp3) is 0.111. The second kappa shape index (κ2) is 3.17.